The van der Waals surface area contributed by atoms with Crippen LogP contribution in [-0.2, 0) is 10.0 Å². The number of sulfonamides is 1. The van der Waals surface area contributed by atoms with Gasteiger partial charge in [0.25, 0.3) is 10.0 Å². The quantitative estimate of drug-likeness (QED) is 0.895. The normalized spacial score (nSPS) is 10.7. The Kier molecular flexibility index (Phi) is 4.45. The Bertz CT molecular complexity index is 816. The summed E-state index contributed by atoms with van der Waals surface area (Å²) in [6.45, 7) is 0. The smallest absolute Gasteiger partial charge is 0.264 e. The minimum atomic E-state index is -3.92. The number of ether oxygens (including phenoxy) is 1. The summed E-state index contributed by atoms with van der Waals surface area (Å²) in [5.74, 6) is 0.502. The molecule has 0 amide bonds. The van der Waals surface area contributed by atoms with E-state index in [0.29, 0.717) is 15.9 Å². The van der Waals surface area contributed by atoms with E-state index in [1.54, 1.807) is 18.2 Å². The maximum Gasteiger partial charge on any atom is 0.264 e. The molecule has 0 unspecified atom stereocenters. The molecule has 6 nitrogen and oxygen atoms in total. The van der Waals surface area contributed by atoms with E-state index in [-0.39, 0.29) is 10.6 Å². The third kappa shape index (κ3) is 3.32. The van der Waals surface area contributed by atoms with E-state index in [1.165, 1.54) is 31.5 Å². The van der Waals surface area contributed by atoms with Crippen molar-refractivity contribution in [1.29, 1.82) is 5.26 Å². The first-order valence-corrected chi connectivity index (χ1v) is 7.97. The maximum absolute atomic E-state index is 12.4. The topological polar surface area (TPSA) is 92.1 Å². The van der Waals surface area contributed by atoms with Gasteiger partial charge < -0.3 is 4.74 Å². The van der Waals surface area contributed by atoms with E-state index >= 15 is 0 Å². The van der Waals surface area contributed by atoms with Crippen LogP contribution in [-0.4, -0.2) is 20.5 Å². The molecule has 0 aliphatic carbocycles. The molecule has 0 fully saturated rings. The molecule has 0 aliphatic heterocycles. The summed E-state index contributed by atoms with van der Waals surface area (Å²) in [6.07, 6.45) is 1.36. The zero-order valence-corrected chi connectivity index (χ0v) is 13.3. The first-order chi connectivity index (χ1) is 9.97. The van der Waals surface area contributed by atoms with E-state index in [0.717, 1.165) is 0 Å². The lowest BCUT2D eigenvalue weighted by Crippen LogP contribution is -2.15. The average Bonchev–Trinajstić information content (AvgIpc) is 2.49. The Morgan fingerprint density at radius 1 is 1.38 bits per heavy atom. The summed E-state index contributed by atoms with van der Waals surface area (Å²) < 4.78 is 32.7. The standard InChI is InChI=1S/C13H10BrN3O3S/c1-20-9-4-5-10(14)11(7-9)17-21(18,19)13-3-2-6-16-12(13)8-15/h2-7,17H,1H3. The van der Waals surface area contributed by atoms with Crippen LogP contribution < -0.4 is 9.46 Å². The molecule has 1 aromatic carbocycles. The van der Waals surface area contributed by atoms with E-state index in [4.69, 9.17) is 10.00 Å². The zero-order valence-electron chi connectivity index (χ0n) is 10.9. The summed E-state index contributed by atoms with van der Waals surface area (Å²) in [4.78, 5) is 3.57. The lowest BCUT2D eigenvalue weighted by molar-refractivity contribution is 0.415. The first kappa shape index (κ1) is 15.3. The van der Waals surface area contributed by atoms with Gasteiger partial charge in [0.1, 0.15) is 16.7 Å². The van der Waals surface area contributed by atoms with Crippen LogP contribution in [0.1, 0.15) is 5.69 Å². The number of anilines is 1. The second-order valence-corrected chi connectivity index (χ2v) is 6.42. The maximum atomic E-state index is 12.4. The summed E-state index contributed by atoms with van der Waals surface area (Å²) in [6, 6.07) is 9.41. The van der Waals surface area contributed by atoms with Gasteiger partial charge in [0, 0.05) is 16.7 Å². The van der Waals surface area contributed by atoms with Crippen LogP contribution in [0.3, 0.4) is 0 Å². The average molecular weight is 368 g/mol. The third-order valence-electron chi connectivity index (χ3n) is 2.58. The SMILES string of the molecule is COc1ccc(Br)c(NS(=O)(=O)c2cccnc2C#N)c1. The largest absolute Gasteiger partial charge is 0.497 e. The molecule has 0 aliphatic rings. The zero-order chi connectivity index (χ0) is 15.5. The monoisotopic (exact) mass is 367 g/mol. The Balaban J connectivity index is 2.45. The highest BCUT2D eigenvalue weighted by Crippen LogP contribution is 2.29. The van der Waals surface area contributed by atoms with Gasteiger partial charge >= 0.3 is 0 Å². The third-order valence-corrected chi connectivity index (χ3v) is 4.67. The van der Waals surface area contributed by atoms with Crippen molar-refractivity contribution in [2.24, 2.45) is 0 Å². The molecule has 1 heterocycles. The first-order valence-electron chi connectivity index (χ1n) is 5.69. The van der Waals surface area contributed by atoms with Crippen molar-refractivity contribution in [2.75, 3.05) is 11.8 Å². The molecule has 1 aromatic heterocycles. The van der Waals surface area contributed by atoms with Crippen LogP contribution >= 0.6 is 15.9 Å². The van der Waals surface area contributed by atoms with Gasteiger partial charge in [-0.2, -0.15) is 5.26 Å². The number of nitriles is 1. The van der Waals surface area contributed by atoms with Gasteiger partial charge in [-0.1, -0.05) is 0 Å². The summed E-state index contributed by atoms with van der Waals surface area (Å²) in [5, 5.41) is 8.95. The van der Waals surface area contributed by atoms with Crippen LogP contribution in [0.5, 0.6) is 5.75 Å². The number of hydrogen-bond acceptors (Lipinski definition) is 5. The van der Waals surface area contributed by atoms with Crippen LogP contribution in [0.15, 0.2) is 45.9 Å². The second-order valence-electron chi connectivity index (χ2n) is 3.91. The van der Waals surface area contributed by atoms with Gasteiger partial charge in [0.15, 0.2) is 5.69 Å². The van der Waals surface area contributed by atoms with Gasteiger partial charge in [-0.15, -0.1) is 0 Å². The molecule has 2 rings (SSSR count). The van der Waals surface area contributed by atoms with Crippen LogP contribution in [0.25, 0.3) is 0 Å². The molecular weight excluding hydrogens is 358 g/mol. The van der Waals surface area contributed by atoms with Crippen molar-refractivity contribution >= 4 is 31.6 Å². The Hall–Kier alpha value is -2.11. The van der Waals surface area contributed by atoms with Crippen molar-refractivity contribution < 1.29 is 13.2 Å². The summed E-state index contributed by atoms with van der Waals surface area (Å²) >= 11 is 3.26. The van der Waals surface area contributed by atoms with E-state index in [1.807, 2.05) is 0 Å². The van der Waals surface area contributed by atoms with Crippen molar-refractivity contribution in [2.45, 2.75) is 4.90 Å². The number of nitrogens with one attached hydrogen (secondary N) is 1. The fourth-order valence-electron chi connectivity index (χ4n) is 1.60. The number of halogens is 1. The minimum Gasteiger partial charge on any atom is -0.497 e. The van der Waals surface area contributed by atoms with Crippen LogP contribution in [0.2, 0.25) is 0 Å². The summed E-state index contributed by atoms with van der Waals surface area (Å²) in [5.41, 5.74) is 0.145. The van der Waals surface area contributed by atoms with Crippen molar-refractivity contribution in [1.82, 2.24) is 4.98 Å². The molecule has 108 valence electrons. The second kappa shape index (κ2) is 6.11. The fraction of sp³-hybridized carbons (Fsp3) is 0.0769. The van der Waals surface area contributed by atoms with E-state index < -0.39 is 10.0 Å². The van der Waals surface area contributed by atoms with Crippen molar-refractivity contribution in [3.63, 3.8) is 0 Å². The fourth-order valence-corrected chi connectivity index (χ4v) is 3.26. The molecule has 0 saturated carbocycles. The van der Waals surface area contributed by atoms with E-state index in [2.05, 4.69) is 25.6 Å². The Labute approximate surface area is 130 Å². The molecule has 0 saturated heterocycles. The van der Waals surface area contributed by atoms with Gasteiger partial charge in [-0.05, 0) is 40.2 Å². The summed E-state index contributed by atoms with van der Waals surface area (Å²) in [7, 11) is -2.44. The minimum absolute atomic E-state index is 0.163. The number of nitrogens with zero attached hydrogens (tertiary/aromatic N) is 2. The highest BCUT2D eigenvalue weighted by atomic mass is 79.9. The number of pyridine rings is 1. The molecule has 0 spiro atoms. The molecule has 0 bridgehead atoms. The van der Waals surface area contributed by atoms with Gasteiger partial charge in [0.05, 0.1) is 12.8 Å². The molecule has 0 atom stereocenters. The van der Waals surface area contributed by atoms with Gasteiger partial charge in [-0.3, -0.25) is 4.72 Å². The number of hydrogen-bond donors (Lipinski definition) is 1. The molecule has 8 heteroatoms. The predicted molar refractivity (Wildman–Crippen MR) is 80.5 cm³/mol. The Morgan fingerprint density at radius 3 is 2.81 bits per heavy atom. The lowest BCUT2D eigenvalue weighted by atomic mass is 10.3. The number of rotatable bonds is 4. The highest BCUT2D eigenvalue weighted by molar-refractivity contribution is 9.10. The number of aromatic nitrogens is 1. The lowest BCUT2D eigenvalue weighted by Gasteiger charge is -2.11. The number of benzene rings is 1. The van der Waals surface area contributed by atoms with Crippen molar-refractivity contribution in [3.05, 3.63) is 46.7 Å². The van der Waals surface area contributed by atoms with Gasteiger partial charge in [-0.25, -0.2) is 13.4 Å². The molecule has 1 N–H and O–H groups in total. The molecule has 21 heavy (non-hydrogen) atoms. The number of methoxy groups -OCH3 is 1. The predicted octanol–water partition coefficient (Wildman–Crippen LogP) is 2.53. The molecule has 0 radical (unpaired) electrons. The van der Waals surface area contributed by atoms with Crippen LogP contribution in [0.4, 0.5) is 5.69 Å². The molecular formula is C13H10BrN3O3S. The van der Waals surface area contributed by atoms with Crippen molar-refractivity contribution in [3.8, 4) is 11.8 Å². The van der Waals surface area contributed by atoms with Crippen LogP contribution in [0, 0.1) is 11.3 Å². The molecule has 2 aromatic rings. The Morgan fingerprint density at radius 2 is 2.14 bits per heavy atom. The highest BCUT2D eigenvalue weighted by Gasteiger charge is 2.20. The van der Waals surface area contributed by atoms with E-state index in [9.17, 15) is 8.42 Å². The van der Waals surface area contributed by atoms with Gasteiger partial charge in [0.2, 0.25) is 0 Å².